The molecule has 1 heterocycles. The van der Waals surface area contributed by atoms with Crippen LogP contribution in [0.2, 0.25) is 5.02 Å². The summed E-state index contributed by atoms with van der Waals surface area (Å²) >= 11 is 6.21. The fourth-order valence-corrected chi connectivity index (χ4v) is 3.19. The maximum atomic E-state index is 13.1. The normalized spacial score (nSPS) is 10.9. The first kappa shape index (κ1) is 17.2. The van der Waals surface area contributed by atoms with E-state index in [1.54, 1.807) is 51.1 Å². The predicted molar refractivity (Wildman–Crippen MR) is 97.8 cm³/mol. The van der Waals surface area contributed by atoms with Crippen LogP contribution in [-0.4, -0.2) is 22.1 Å². The maximum absolute atomic E-state index is 13.1. The fourth-order valence-electron chi connectivity index (χ4n) is 2.96. The number of fused-ring (bicyclic) bond motifs is 1. The van der Waals surface area contributed by atoms with Gasteiger partial charge in [0, 0.05) is 0 Å². The average molecular weight is 357 g/mol. The molecule has 0 bridgehead atoms. The fraction of sp³-hybridized carbons (Fsp3) is 0.211. The summed E-state index contributed by atoms with van der Waals surface area (Å²) in [5, 5.41) is 0.831. The minimum absolute atomic E-state index is 0.270. The van der Waals surface area contributed by atoms with Crippen LogP contribution < -0.4 is 5.56 Å². The Kier molecular flexibility index (Phi) is 4.59. The monoisotopic (exact) mass is 356 g/mol. The van der Waals surface area contributed by atoms with E-state index in [1.165, 1.54) is 10.9 Å². The minimum atomic E-state index is -0.438. The van der Waals surface area contributed by atoms with Crippen LogP contribution in [0.15, 0.2) is 41.5 Å². The molecule has 25 heavy (non-hydrogen) atoms. The lowest BCUT2D eigenvalue weighted by atomic mass is 9.98. The number of hydrogen-bond acceptors (Lipinski definition) is 4. The van der Waals surface area contributed by atoms with Crippen molar-refractivity contribution in [3.05, 3.63) is 68.7 Å². The van der Waals surface area contributed by atoms with Gasteiger partial charge in [0.15, 0.2) is 0 Å². The molecular weight excluding hydrogens is 340 g/mol. The van der Waals surface area contributed by atoms with E-state index < -0.39 is 5.97 Å². The lowest BCUT2D eigenvalue weighted by Crippen LogP contribution is -2.21. The van der Waals surface area contributed by atoms with E-state index >= 15 is 0 Å². The van der Waals surface area contributed by atoms with Crippen molar-refractivity contribution in [2.75, 3.05) is 6.61 Å². The number of aromatic nitrogens is 2. The van der Waals surface area contributed by atoms with E-state index in [0.717, 1.165) is 5.56 Å². The van der Waals surface area contributed by atoms with Crippen LogP contribution in [-0.2, 0) is 4.74 Å². The molecule has 0 spiro atoms. The molecule has 0 aliphatic rings. The summed E-state index contributed by atoms with van der Waals surface area (Å²) in [6.07, 6.45) is 1.45. The second-order valence-electron chi connectivity index (χ2n) is 5.68. The van der Waals surface area contributed by atoms with E-state index in [4.69, 9.17) is 16.3 Å². The van der Waals surface area contributed by atoms with Crippen molar-refractivity contribution in [2.24, 2.45) is 0 Å². The van der Waals surface area contributed by atoms with Gasteiger partial charge in [0.25, 0.3) is 5.56 Å². The molecule has 0 atom stereocenters. The SMILES string of the molecule is CCOC(=O)c1c(C)cc2ncn(-c3ccccc3Cl)c(=O)c2c1C. The van der Waals surface area contributed by atoms with Gasteiger partial charge in [-0.1, -0.05) is 23.7 Å². The Hall–Kier alpha value is -2.66. The zero-order valence-corrected chi connectivity index (χ0v) is 14.9. The van der Waals surface area contributed by atoms with Gasteiger partial charge >= 0.3 is 5.97 Å². The highest BCUT2D eigenvalue weighted by Crippen LogP contribution is 2.24. The zero-order valence-electron chi connectivity index (χ0n) is 14.2. The molecule has 0 aliphatic carbocycles. The Morgan fingerprint density at radius 1 is 1.28 bits per heavy atom. The lowest BCUT2D eigenvalue weighted by molar-refractivity contribution is 0.0525. The molecule has 2 aromatic carbocycles. The van der Waals surface area contributed by atoms with Gasteiger partial charge in [-0.15, -0.1) is 0 Å². The standard InChI is InChI=1S/C19H17ClN2O3/c1-4-25-19(24)16-11(2)9-14-17(12(16)3)18(23)22(10-21-14)15-8-6-5-7-13(15)20/h5-10H,4H2,1-3H3. The third kappa shape index (κ3) is 2.91. The first-order chi connectivity index (χ1) is 12.0. The smallest absolute Gasteiger partial charge is 0.338 e. The van der Waals surface area contributed by atoms with Crippen LogP contribution in [0.5, 0.6) is 0 Å². The molecule has 0 saturated heterocycles. The number of benzene rings is 2. The largest absolute Gasteiger partial charge is 0.462 e. The van der Waals surface area contributed by atoms with Crippen LogP contribution in [0.3, 0.4) is 0 Å². The van der Waals surface area contributed by atoms with Crippen molar-refractivity contribution in [2.45, 2.75) is 20.8 Å². The number of para-hydroxylation sites is 1. The van der Waals surface area contributed by atoms with E-state index in [-0.39, 0.29) is 12.2 Å². The molecule has 5 nitrogen and oxygen atoms in total. The Morgan fingerprint density at radius 2 is 2.00 bits per heavy atom. The molecule has 128 valence electrons. The highest BCUT2D eigenvalue weighted by molar-refractivity contribution is 6.32. The Balaban J connectivity index is 2.34. The second-order valence-corrected chi connectivity index (χ2v) is 6.09. The van der Waals surface area contributed by atoms with Crippen LogP contribution in [0, 0.1) is 13.8 Å². The number of hydrogen-bond donors (Lipinski definition) is 0. The van der Waals surface area contributed by atoms with Gasteiger partial charge in [-0.2, -0.15) is 0 Å². The highest BCUT2D eigenvalue weighted by Gasteiger charge is 2.19. The molecule has 0 N–H and O–H groups in total. The molecule has 0 aliphatic heterocycles. The molecule has 3 aromatic rings. The zero-order chi connectivity index (χ0) is 18.1. The first-order valence-corrected chi connectivity index (χ1v) is 8.27. The quantitative estimate of drug-likeness (QED) is 0.669. The van der Waals surface area contributed by atoms with E-state index in [1.807, 2.05) is 0 Å². The molecule has 0 amide bonds. The lowest BCUT2D eigenvalue weighted by Gasteiger charge is -2.13. The highest BCUT2D eigenvalue weighted by atomic mass is 35.5. The van der Waals surface area contributed by atoms with Crippen molar-refractivity contribution >= 4 is 28.5 Å². The Morgan fingerprint density at radius 3 is 2.68 bits per heavy atom. The number of aryl methyl sites for hydroxylation is 2. The Labute approximate surface area is 149 Å². The van der Waals surface area contributed by atoms with Crippen molar-refractivity contribution in [1.82, 2.24) is 9.55 Å². The molecule has 0 unspecified atom stereocenters. The van der Waals surface area contributed by atoms with Gasteiger partial charge in [0.1, 0.15) is 6.33 Å². The Bertz CT molecular complexity index is 1040. The number of ether oxygens (including phenoxy) is 1. The van der Waals surface area contributed by atoms with E-state index in [2.05, 4.69) is 4.98 Å². The number of nitrogens with zero attached hydrogens (tertiary/aromatic N) is 2. The number of esters is 1. The van der Waals surface area contributed by atoms with E-state index in [0.29, 0.717) is 32.7 Å². The van der Waals surface area contributed by atoms with Crippen molar-refractivity contribution in [3.8, 4) is 5.69 Å². The summed E-state index contributed by atoms with van der Waals surface area (Å²) in [7, 11) is 0. The molecule has 0 saturated carbocycles. The van der Waals surface area contributed by atoms with Crippen LogP contribution in [0.4, 0.5) is 0 Å². The first-order valence-electron chi connectivity index (χ1n) is 7.89. The summed E-state index contributed by atoms with van der Waals surface area (Å²) in [5.74, 6) is -0.438. The molecule has 6 heteroatoms. The number of carbonyl (C=O) groups is 1. The molecular formula is C19H17ClN2O3. The van der Waals surface area contributed by atoms with Crippen LogP contribution in [0.25, 0.3) is 16.6 Å². The summed E-state index contributed by atoms with van der Waals surface area (Å²) in [5.41, 5.74) is 2.50. The van der Waals surface area contributed by atoms with Gasteiger partial charge in [-0.3, -0.25) is 9.36 Å². The van der Waals surface area contributed by atoms with Gasteiger partial charge in [-0.25, -0.2) is 9.78 Å². The summed E-state index contributed by atoms with van der Waals surface area (Å²) in [6, 6.07) is 8.77. The molecule has 0 fully saturated rings. The number of rotatable bonds is 3. The van der Waals surface area contributed by atoms with Crippen LogP contribution in [0.1, 0.15) is 28.4 Å². The second kappa shape index (κ2) is 6.69. The molecule has 3 rings (SSSR count). The van der Waals surface area contributed by atoms with Crippen molar-refractivity contribution in [1.29, 1.82) is 0 Å². The predicted octanol–water partition coefficient (Wildman–Crippen LogP) is 3.83. The third-order valence-corrected chi connectivity index (χ3v) is 4.41. The van der Waals surface area contributed by atoms with Crippen LogP contribution >= 0.6 is 11.6 Å². The van der Waals surface area contributed by atoms with Gasteiger partial charge in [-0.05, 0) is 50.1 Å². The molecule has 1 aromatic heterocycles. The summed E-state index contributed by atoms with van der Waals surface area (Å²) < 4.78 is 6.51. The maximum Gasteiger partial charge on any atom is 0.338 e. The number of halogens is 1. The van der Waals surface area contributed by atoms with Gasteiger partial charge in [0.2, 0.25) is 0 Å². The topological polar surface area (TPSA) is 61.2 Å². The van der Waals surface area contributed by atoms with E-state index in [9.17, 15) is 9.59 Å². The van der Waals surface area contributed by atoms with Crippen molar-refractivity contribution in [3.63, 3.8) is 0 Å². The average Bonchev–Trinajstić information content (AvgIpc) is 2.56. The van der Waals surface area contributed by atoms with Crippen molar-refractivity contribution < 1.29 is 9.53 Å². The third-order valence-electron chi connectivity index (χ3n) is 4.09. The minimum Gasteiger partial charge on any atom is -0.462 e. The number of carbonyl (C=O) groups excluding carboxylic acids is 1. The van der Waals surface area contributed by atoms with Gasteiger partial charge in [0.05, 0.1) is 33.8 Å². The summed E-state index contributed by atoms with van der Waals surface area (Å²) in [6.45, 7) is 5.56. The van der Waals surface area contributed by atoms with Gasteiger partial charge < -0.3 is 4.74 Å². The summed E-state index contributed by atoms with van der Waals surface area (Å²) in [4.78, 5) is 29.7. The molecule has 0 radical (unpaired) electrons.